The van der Waals surface area contributed by atoms with E-state index in [1.54, 1.807) is 18.3 Å². The first kappa shape index (κ1) is 15.7. The zero-order valence-corrected chi connectivity index (χ0v) is 13.0. The van der Waals surface area contributed by atoms with E-state index in [0.29, 0.717) is 13.0 Å². The Balaban J connectivity index is 1.67. The third kappa shape index (κ3) is 5.33. The Bertz CT molecular complexity index is 563. The molecule has 0 bridgehead atoms. The molecule has 3 nitrogen and oxygen atoms in total. The minimum atomic E-state index is -0.413. The van der Waals surface area contributed by atoms with Gasteiger partial charge in [-0.3, -0.25) is 4.79 Å². The smallest absolute Gasteiger partial charge is 0.220 e. The first-order valence-electron chi connectivity index (χ1n) is 7.22. The summed E-state index contributed by atoms with van der Waals surface area (Å²) in [5, 5.41) is 12.4. The number of hydrogen-bond acceptors (Lipinski definition) is 3. The van der Waals surface area contributed by atoms with Gasteiger partial charge < -0.3 is 10.4 Å². The molecule has 0 saturated carbocycles. The average molecular weight is 303 g/mol. The van der Waals surface area contributed by atoms with Crippen molar-refractivity contribution in [2.24, 2.45) is 0 Å². The predicted molar refractivity (Wildman–Crippen MR) is 86.4 cm³/mol. The fraction of sp³-hybridized carbons (Fsp3) is 0.353. The Kier molecular flexibility index (Phi) is 5.96. The first-order valence-corrected chi connectivity index (χ1v) is 8.04. The van der Waals surface area contributed by atoms with Gasteiger partial charge in [-0.1, -0.05) is 30.3 Å². The number of aliphatic hydroxyl groups excluding tert-OH is 1. The zero-order valence-electron chi connectivity index (χ0n) is 12.2. The molecule has 0 fully saturated rings. The largest absolute Gasteiger partial charge is 0.388 e. The number of amides is 1. The van der Waals surface area contributed by atoms with Crippen LogP contribution in [0.1, 0.15) is 34.8 Å². The lowest BCUT2D eigenvalue weighted by molar-refractivity contribution is -0.121. The van der Waals surface area contributed by atoms with Gasteiger partial charge in [0.2, 0.25) is 5.91 Å². The maximum Gasteiger partial charge on any atom is 0.220 e. The number of benzene rings is 1. The van der Waals surface area contributed by atoms with Gasteiger partial charge in [-0.15, -0.1) is 11.3 Å². The van der Waals surface area contributed by atoms with E-state index < -0.39 is 6.10 Å². The quantitative estimate of drug-likeness (QED) is 0.826. The lowest BCUT2D eigenvalue weighted by Gasteiger charge is -2.04. The normalized spacial score (nSPS) is 12.1. The van der Waals surface area contributed by atoms with Gasteiger partial charge in [0.15, 0.2) is 0 Å². The number of hydrogen-bond donors (Lipinski definition) is 2. The molecule has 1 aromatic carbocycles. The predicted octanol–water partition coefficient (Wildman–Crippen LogP) is 3.09. The van der Waals surface area contributed by atoms with Crippen molar-refractivity contribution in [3.63, 3.8) is 0 Å². The van der Waals surface area contributed by atoms with Crippen molar-refractivity contribution in [3.8, 4) is 0 Å². The van der Waals surface area contributed by atoms with Gasteiger partial charge in [0.25, 0.3) is 0 Å². The molecule has 1 aromatic heterocycles. The summed E-state index contributed by atoms with van der Waals surface area (Å²) in [6.45, 7) is 2.41. The van der Waals surface area contributed by atoms with Crippen LogP contribution in [0.4, 0.5) is 0 Å². The fourth-order valence-electron chi connectivity index (χ4n) is 2.07. The average Bonchev–Trinajstić information content (AvgIpc) is 2.95. The molecule has 0 radical (unpaired) electrons. The van der Waals surface area contributed by atoms with Crippen LogP contribution in [0.2, 0.25) is 0 Å². The number of thiophene rings is 1. The molecular weight excluding hydrogens is 282 g/mol. The Morgan fingerprint density at radius 2 is 1.95 bits per heavy atom. The fourth-order valence-corrected chi connectivity index (χ4v) is 3.02. The second-order valence-corrected chi connectivity index (χ2v) is 6.27. The lowest BCUT2D eigenvalue weighted by atomic mass is 10.1. The van der Waals surface area contributed by atoms with Gasteiger partial charge in [-0.2, -0.15) is 0 Å². The maximum absolute atomic E-state index is 11.8. The molecule has 0 aliphatic carbocycles. The number of carbonyl (C=O) groups is 1. The Morgan fingerprint density at radius 1 is 1.19 bits per heavy atom. The van der Waals surface area contributed by atoms with Crippen LogP contribution >= 0.6 is 11.3 Å². The highest BCUT2D eigenvalue weighted by molar-refractivity contribution is 7.12. The highest BCUT2D eigenvalue weighted by Gasteiger charge is 2.06. The minimum Gasteiger partial charge on any atom is -0.388 e. The van der Waals surface area contributed by atoms with Crippen LogP contribution < -0.4 is 5.32 Å². The molecular formula is C17H21NO2S. The van der Waals surface area contributed by atoms with Crippen LogP contribution in [0.25, 0.3) is 0 Å². The summed E-state index contributed by atoms with van der Waals surface area (Å²) in [6, 6.07) is 14.0. The van der Waals surface area contributed by atoms with E-state index >= 15 is 0 Å². The van der Waals surface area contributed by atoms with Gasteiger partial charge in [-0.25, -0.2) is 0 Å². The molecule has 4 heteroatoms. The SMILES string of the molecule is CC(O)c1ccc(CCNC(=O)CCc2ccccc2)s1. The summed E-state index contributed by atoms with van der Waals surface area (Å²) < 4.78 is 0. The van der Waals surface area contributed by atoms with E-state index in [-0.39, 0.29) is 5.91 Å². The Morgan fingerprint density at radius 3 is 2.62 bits per heavy atom. The van der Waals surface area contributed by atoms with E-state index in [2.05, 4.69) is 5.32 Å². The van der Waals surface area contributed by atoms with Crippen molar-refractivity contribution in [2.75, 3.05) is 6.54 Å². The van der Waals surface area contributed by atoms with Crippen LogP contribution in [0.15, 0.2) is 42.5 Å². The van der Waals surface area contributed by atoms with Crippen molar-refractivity contribution in [3.05, 3.63) is 57.8 Å². The topological polar surface area (TPSA) is 49.3 Å². The van der Waals surface area contributed by atoms with Crippen LogP contribution in [0.3, 0.4) is 0 Å². The van der Waals surface area contributed by atoms with Gasteiger partial charge >= 0.3 is 0 Å². The maximum atomic E-state index is 11.8. The lowest BCUT2D eigenvalue weighted by Crippen LogP contribution is -2.25. The van der Waals surface area contributed by atoms with E-state index in [0.717, 1.165) is 17.7 Å². The summed E-state index contributed by atoms with van der Waals surface area (Å²) in [7, 11) is 0. The molecule has 2 rings (SSSR count). The first-order chi connectivity index (χ1) is 10.1. The molecule has 1 atom stereocenters. The van der Waals surface area contributed by atoms with Crippen molar-refractivity contribution < 1.29 is 9.90 Å². The molecule has 2 N–H and O–H groups in total. The molecule has 112 valence electrons. The van der Waals surface area contributed by atoms with Crippen molar-refractivity contribution >= 4 is 17.2 Å². The van der Waals surface area contributed by atoms with E-state index in [1.807, 2.05) is 42.5 Å². The van der Waals surface area contributed by atoms with Crippen LogP contribution in [0.5, 0.6) is 0 Å². The minimum absolute atomic E-state index is 0.0890. The van der Waals surface area contributed by atoms with E-state index in [4.69, 9.17) is 0 Å². The number of aliphatic hydroxyl groups is 1. The van der Waals surface area contributed by atoms with Crippen molar-refractivity contribution in [1.82, 2.24) is 5.32 Å². The number of rotatable bonds is 7. The summed E-state index contributed by atoms with van der Waals surface area (Å²) in [5.74, 6) is 0.0890. The molecule has 0 saturated heterocycles. The summed E-state index contributed by atoms with van der Waals surface area (Å²) >= 11 is 1.60. The zero-order chi connectivity index (χ0) is 15.1. The Labute approximate surface area is 129 Å². The third-order valence-electron chi connectivity index (χ3n) is 3.27. The van der Waals surface area contributed by atoms with Crippen molar-refractivity contribution in [2.45, 2.75) is 32.3 Å². The van der Waals surface area contributed by atoms with Gasteiger partial charge in [-0.05, 0) is 37.5 Å². The van der Waals surface area contributed by atoms with Gasteiger partial charge in [0.1, 0.15) is 0 Å². The third-order valence-corrected chi connectivity index (χ3v) is 4.59. The van der Waals surface area contributed by atoms with E-state index in [9.17, 15) is 9.90 Å². The van der Waals surface area contributed by atoms with Crippen LogP contribution in [-0.4, -0.2) is 17.6 Å². The van der Waals surface area contributed by atoms with E-state index in [1.165, 1.54) is 10.4 Å². The number of carbonyl (C=O) groups excluding carboxylic acids is 1. The summed E-state index contributed by atoms with van der Waals surface area (Å²) in [5.41, 5.74) is 1.19. The molecule has 0 spiro atoms. The monoisotopic (exact) mass is 303 g/mol. The van der Waals surface area contributed by atoms with Crippen LogP contribution in [-0.2, 0) is 17.6 Å². The molecule has 0 aliphatic heterocycles. The number of aryl methyl sites for hydroxylation is 1. The Hall–Kier alpha value is -1.65. The standard InChI is InChI=1S/C17H21NO2S/c1-13(19)16-9-8-15(21-16)11-12-18-17(20)10-7-14-5-3-2-4-6-14/h2-6,8-9,13,19H,7,10-12H2,1H3,(H,18,20). The second kappa shape index (κ2) is 7.96. The molecule has 2 aromatic rings. The van der Waals surface area contributed by atoms with Gasteiger partial charge in [0, 0.05) is 22.7 Å². The molecule has 1 unspecified atom stereocenters. The second-order valence-electron chi connectivity index (χ2n) is 5.07. The highest BCUT2D eigenvalue weighted by atomic mass is 32.1. The highest BCUT2D eigenvalue weighted by Crippen LogP contribution is 2.22. The molecule has 21 heavy (non-hydrogen) atoms. The molecule has 1 amide bonds. The van der Waals surface area contributed by atoms with Crippen LogP contribution in [0, 0.1) is 0 Å². The van der Waals surface area contributed by atoms with Crippen molar-refractivity contribution in [1.29, 1.82) is 0 Å². The molecule has 1 heterocycles. The number of nitrogens with one attached hydrogen (secondary N) is 1. The molecule has 0 aliphatic rings. The summed E-state index contributed by atoms with van der Waals surface area (Å²) in [4.78, 5) is 13.9. The summed E-state index contributed by atoms with van der Waals surface area (Å²) in [6.07, 6.45) is 1.70. The van der Waals surface area contributed by atoms with Gasteiger partial charge in [0.05, 0.1) is 6.10 Å².